The lowest BCUT2D eigenvalue weighted by Gasteiger charge is -2.44. The average molecular weight is 296 g/mol. The molecule has 1 amide bonds. The molecule has 0 saturated carbocycles. The topological polar surface area (TPSA) is 23.6 Å². The molecule has 1 rings (SSSR count). The van der Waals surface area contributed by atoms with Gasteiger partial charge < -0.3 is 9.80 Å². The highest BCUT2D eigenvalue weighted by atomic mass is 16.1. The number of hydrogen-bond donors (Lipinski definition) is 0. The molecule has 0 N–H and O–H groups in total. The van der Waals surface area contributed by atoms with E-state index in [2.05, 4.69) is 39.5 Å². The van der Waals surface area contributed by atoms with Gasteiger partial charge >= 0.3 is 0 Å². The Labute approximate surface area is 132 Å². The van der Waals surface area contributed by atoms with Gasteiger partial charge in [0.1, 0.15) is 0 Å². The van der Waals surface area contributed by atoms with Crippen molar-refractivity contribution in [2.45, 2.75) is 60.3 Å². The van der Waals surface area contributed by atoms with E-state index in [4.69, 9.17) is 0 Å². The first-order valence-electron chi connectivity index (χ1n) is 8.87. The molecule has 1 aliphatic rings. The Balaban J connectivity index is 2.57. The second kappa shape index (κ2) is 8.77. The molecule has 1 unspecified atom stereocenters. The van der Waals surface area contributed by atoms with Gasteiger partial charge in [-0.15, -0.1) is 0 Å². The van der Waals surface area contributed by atoms with Crippen molar-refractivity contribution in [1.82, 2.24) is 9.80 Å². The number of carbonyl (C=O) groups is 1. The average Bonchev–Trinajstić information content (AvgIpc) is 2.47. The van der Waals surface area contributed by atoms with Crippen LogP contribution in [-0.4, -0.2) is 48.9 Å². The minimum Gasteiger partial charge on any atom is -0.345 e. The van der Waals surface area contributed by atoms with Gasteiger partial charge in [-0.3, -0.25) is 4.79 Å². The number of hydrogen-bond acceptors (Lipinski definition) is 2. The summed E-state index contributed by atoms with van der Waals surface area (Å²) in [6.07, 6.45) is 5.82. The molecule has 21 heavy (non-hydrogen) atoms. The maximum Gasteiger partial charge on any atom is 0.209 e. The molecule has 0 aliphatic carbocycles. The largest absolute Gasteiger partial charge is 0.345 e. The first-order chi connectivity index (χ1) is 9.95. The summed E-state index contributed by atoms with van der Waals surface area (Å²) in [5, 5.41) is 0. The third-order valence-electron chi connectivity index (χ3n) is 5.61. The zero-order valence-corrected chi connectivity index (χ0v) is 14.9. The molecular formula is C18H36N2O. The smallest absolute Gasteiger partial charge is 0.209 e. The molecule has 0 radical (unpaired) electrons. The molecule has 0 aromatic carbocycles. The molecule has 0 spiro atoms. The first-order valence-corrected chi connectivity index (χ1v) is 8.87. The van der Waals surface area contributed by atoms with Crippen molar-refractivity contribution in [2.75, 3.05) is 32.7 Å². The van der Waals surface area contributed by atoms with Gasteiger partial charge in [-0.2, -0.15) is 0 Å². The van der Waals surface area contributed by atoms with Crippen LogP contribution >= 0.6 is 0 Å². The highest BCUT2D eigenvalue weighted by molar-refractivity contribution is 5.47. The number of rotatable bonds is 9. The number of nitrogens with zero attached hydrogens (tertiary/aromatic N) is 2. The Morgan fingerprint density at radius 1 is 1.19 bits per heavy atom. The molecular weight excluding hydrogens is 260 g/mol. The molecule has 1 saturated heterocycles. The van der Waals surface area contributed by atoms with E-state index in [0.717, 1.165) is 38.3 Å². The van der Waals surface area contributed by atoms with Gasteiger partial charge in [-0.1, -0.05) is 34.6 Å². The molecule has 1 heterocycles. The maximum atomic E-state index is 10.9. The molecule has 0 aromatic heterocycles. The van der Waals surface area contributed by atoms with Crippen LogP contribution in [0.15, 0.2) is 0 Å². The monoisotopic (exact) mass is 296 g/mol. The minimum absolute atomic E-state index is 0.356. The first kappa shape index (κ1) is 18.5. The maximum absolute atomic E-state index is 10.9. The Bertz CT molecular complexity index is 290. The third-order valence-corrected chi connectivity index (χ3v) is 5.61. The molecule has 3 nitrogen and oxygen atoms in total. The van der Waals surface area contributed by atoms with Crippen LogP contribution in [-0.2, 0) is 4.79 Å². The van der Waals surface area contributed by atoms with Crippen molar-refractivity contribution in [3.63, 3.8) is 0 Å². The van der Waals surface area contributed by atoms with Crippen molar-refractivity contribution in [1.29, 1.82) is 0 Å². The second-order valence-corrected chi connectivity index (χ2v) is 7.44. The van der Waals surface area contributed by atoms with Crippen molar-refractivity contribution < 1.29 is 4.79 Å². The van der Waals surface area contributed by atoms with E-state index >= 15 is 0 Å². The van der Waals surface area contributed by atoms with E-state index < -0.39 is 0 Å². The van der Waals surface area contributed by atoms with Gasteiger partial charge in [-0.25, -0.2) is 0 Å². The van der Waals surface area contributed by atoms with E-state index in [-0.39, 0.29) is 0 Å². The summed E-state index contributed by atoms with van der Waals surface area (Å²) >= 11 is 0. The number of piperidine rings is 1. The minimum atomic E-state index is 0.356. The van der Waals surface area contributed by atoms with Crippen LogP contribution in [0.2, 0.25) is 0 Å². The molecule has 1 fully saturated rings. The van der Waals surface area contributed by atoms with Crippen LogP contribution in [0.3, 0.4) is 0 Å². The fourth-order valence-electron chi connectivity index (χ4n) is 3.70. The fraction of sp³-hybridized carbons (Fsp3) is 0.944. The summed E-state index contributed by atoms with van der Waals surface area (Å²) < 4.78 is 0. The molecule has 0 aromatic rings. The van der Waals surface area contributed by atoms with Crippen LogP contribution in [0.4, 0.5) is 0 Å². The van der Waals surface area contributed by atoms with Crippen molar-refractivity contribution in [2.24, 2.45) is 17.3 Å². The third kappa shape index (κ3) is 5.28. The predicted molar refractivity (Wildman–Crippen MR) is 90.3 cm³/mol. The van der Waals surface area contributed by atoms with Gasteiger partial charge in [0, 0.05) is 19.6 Å². The second-order valence-electron chi connectivity index (χ2n) is 7.44. The fourth-order valence-corrected chi connectivity index (χ4v) is 3.70. The zero-order chi connectivity index (χ0) is 15.9. The van der Waals surface area contributed by atoms with Crippen molar-refractivity contribution in [3.05, 3.63) is 0 Å². The summed E-state index contributed by atoms with van der Waals surface area (Å²) in [7, 11) is 0. The molecule has 124 valence electrons. The van der Waals surface area contributed by atoms with Gasteiger partial charge in [0.2, 0.25) is 6.41 Å². The van der Waals surface area contributed by atoms with Crippen molar-refractivity contribution in [3.8, 4) is 0 Å². The van der Waals surface area contributed by atoms with E-state index in [1.807, 2.05) is 4.90 Å². The zero-order valence-electron chi connectivity index (χ0n) is 14.9. The van der Waals surface area contributed by atoms with Crippen LogP contribution in [0.25, 0.3) is 0 Å². The summed E-state index contributed by atoms with van der Waals surface area (Å²) in [6, 6.07) is 0. The summed E-state index contributed by atoms with van der Waals surface area (Å²) in [5.74, 6) is 1.44. The van der Waals surface area contributed by atoms with E-state index in [0.29, 0.717) is 11.3 Å². The van der Waals surface area contributed by atoms with E-state index in [9.17, 15) is 4.79 Å². The number of amides is 1. The lowest BCUT2D eigenvalue weighted by atomic mass is 9.66. The van der Waals surface area contributed by atoms with Gasteiger partial charge in [0.15, 0.2) is 0 Å². The van der Waals surface area contributed by atoms with Gasteiger partial charge in [0.25, 0.3) is 0 Å². The Kier molecular flexibility index (Phi) is 7.72. The summed E-state index contributed by atoms with van der Waals surface area (Å²) in [5.41, 5.74) is 0.356. The number of carbonyl (C=O) groups excluding carboxylic acids is 1. The van der Waals surface area contributed by atoms with E-state index in [1.54, 1.807) is 0 Å². The summed E-state index contributed by atoms with van der Waals surface area (Å²) in [6.45, 7) is 17.4. The molecule has 1 aliphatic heterocycles. The normalized spacial score (nSPS) is 19.0. The highest BCUT2D eigenvalue weighted by Crippen LogP contribution is 2.41. The van der Waals surface area contributed by atoms with Crippen LogP contribution in [0.1, 0.15) is 60.3 Å². The SMILES string of the molecule is CCCN(CCC)CC(C)C(C)(C)C1CCN(C=O)CC1. The van der Waals surface area contributed by atoms with Gasteiger partial charge in [0.05, 0.1) is 0 Å². The highest BCUT2D eigenvalue weighted by Gasteiger charge is 2.36. The quantitative estimate of drug-likeness (QED) is 0.607. The van der Waals surface area contributed by atoms with Crippen LogP contribution < -0.4 is 0 Å². The molecule has 3 heteroatoms. The van der Waals surface area contributed by atoms with Crippen LogP contribution in [0.5, 0.6) is 0 Å². The van der Waals surface area contributed by atoms with Crippen molar-refractivity contribution >= 4 is 6.41 Å². The predicted octanol–water partition coefficient (Wildman–Crippen LogP) is 3.64. The summed E-state index contributed by atoms with van der Waals surface area (Å²) in [4.78, 5) is 15.4. The standard InChI is InChI=1S/C18H36N2O/c1-6-10-19(11-7-2)14-16(3)18(4,5)17-8-12-20(15-21)13-9-17/h15-17H,6-14H2,1-5H3. The Hall–Kier alpha value is -0.570. The number of likely N-dealkylation sites (tertiary alicyclic amines) is 1. The Morgan fingerprint density at radius 2 is 1.71 bits per heavy atom. The van der Waals surface area contributed by atoms with Gasteiger partial charge in [-0.05, 0) is 56.0 Å². The molecule has 0 bridgehead atoms. The lowest BCUT2D eigenvalue weighted by Crippen LogP contribution is -2.44. The molecule has 1 atom stereocenters. The lowest BCUT2D eigenvalue weighted by molar-refractivity contribution is -0.120. The van der Waals surface area contributed by atoms with E-state index in [1.165, 1.54) is 32.5 Å². The Morgan fingerprint density at radius 3 is 2.14 bits per heavy atom. The van der Waals surface area contributed by atoms with Crippen LogP contribution in [0, 0.1) is 17.3 Å².